The van der Waals surface area contributed by atoms with E-state index in [0.717, 1.165) is 16.7 Å². The lowest BCUT2D eigenvalue weighted by Gasteiger charge is -2.21. The summed E-state index contributed by atoms with van der Waals surface area (Å²) in [5, 5.41) is 8.66. The summed E-state index contributed by atoms with van der Waals surface area (Å²) < 4.78 is 3.43. The van der Waals surface area contributed by atoms with Gasteiger partial charge >= 0.3 is 0 Å². The van der Waals surface area contributed by atoms with Gasteiger partial charge in [0.05, 0.1) is 40.4 Å². The Morgan fingerprint density at radius 3 is 2.48 bits per heavy atom. The van der Waals surface area contributed by atoms with E-state index in [1.165, 1.54) is 0 Å². The normalized spacial score (nSPS) is 11.9. The van der Waals surface area contributed by atoms with Crippen LogP contribution in [-0.4, -0.2) is 29.3 Å². The highest BCUT2D eigenvalue weighted by atomic mass is 35.5. The van der Waals surface area contributed by atoms with Crippen molar-refractivity contribution in [3.63, 3.8) is 0 Å². The quantitative estimate of drug-likeness (QED) is 0.271. The van der Waals surface area contributed by atoms with E-state index in [-0.39, 0.29) is 11.5 Å². The molecule has 0 saturated heterocycles. The summed E-state index contributed by atoms with van der Waals surface area (Å²) in [6.07, 6.45) is 5.37. The summed E-state index contributed by atoms with van der Waals surface area (Å²) in [5.74, 6) is 1.11. The van der Waals surface area contributed by atoms with Gasteiger partial charge in [-0.1, -0.05) is 66.2 Å². The second-order valence-electron chi connectivity index (χ2n) is 9.35. The van der Waals surface area contributed by atoms with E-state index in [1.807, 2.05) is 66.3 Å². The zero-order chi connectivity index (χ0) is 27.6. The molecule has 6 rings (SSSR count). The molecule has 0 unspecified atom stereocenters. The first kappa shape index (κ1) is 25.3. The second-order valence-corrected chi connectivity index (χ2v) is 9.76. The lowest BCUT2D eigenvalue weighted by molar-refractivity contribution is 0.687. The third-order valence-electron chi connectivity index (χ3n) is 6.57. The minimum atomic E-state index is -0.455. The van der Waals surface area contributed by atoms with E-state index in [4.69, 9.17) is 22.3 Å². The van der Waals surface area contributed by atoms with Gasteiger partial charge in [-0.15, -0.1) is 0 Å². The smallest absolute Gasteiger partial charge is 0.267 e. The Kier molecular flexibility index (Phi) is 6.71. The van der Waals surface area contributed by atoms with Gasteiger partial charge in [0.2, 0.25) is 5.95 Å². The van der Waals surface area contributed by atoms with Gasteiger partial charge in [0, 0.05) is 23.5 Å². The number of nitrogens with two attached hydrogens (primary N) is 1. The van der Waals surface area contributed by atoms with Gasteiger partial charge in [-0.3, -0.25) is 14.0 Å². The largest absolute Gasteiger partial charge is 0.368 e. The zero-order valence-electron chi connectivity index (χ0n) is 21.6. The lowest BCUT2D eigenvalue weighted by Crippen LogP contribution is -2.27. The van der Waals surface area contributed by atoms with Crippen LogP contribution in [-0.2, 0) is 6.54 Å². The summed E-state index contributed by atoms with van der Waals surface area (Å²) >= 11 is 6.43. The molecule has 0 radical (unpaired) electrons. The fourth-order valence-electron chi connectivity index (χ4n) is 4.67. The van der Waals surface area contributed by atoms with Gasteiger partial charge in [-0.2, -0.15) is 10.1 Å². The average Bonchev–Trinajstić information content (AvgIpc) is 3.42. The Balaban J connectivity index is 1.41. The number of para-hydroxylation sites is 1. The van der Waals surface area contributed by atoms with Crippen LogP contribution in [0.5, 0.6) is 0 Å². The lowest BCUT2D eigenvalue weighted by atomic mass is 10.1. The molecule has 1 atom stereocenters. The molecule has 198 valence electrons. The Bertz CT molecular complexity index is 1870. The van der Waals surface area contributed by atoms with Gasteiger partial charge in [0.1, 0.15) is 11.6 Å². The first-order valence-corrected chi connectivity index (χ1v) is 13.1. The maximum atomic E-state index is 13.8. The van der Waals surface area contributed by atoms with E-state index in [1.54, 1.807) is 35.2 Å². The molecule has 3 N–H and O–H groups in total. The van der Waals surface area contributed by atoms with Crippen molar-refractivity contribution in [2.75, 3.05) is 11.1 Å². The van der Waals surface area contributed by atoms with E-state index in [2.05, 4.69) is 32.5 Å². The Labute approximate surface area is 234 Å². The number of rotatable bonds is 7. The second kappa shape index (κ2) is 10.6. The number of nitrogens with zero attached hydrogens (tertiary/aromatic N) is 6. The molecule has 3 heterocycles. The first-order chi connectivity index (χ1) is 19.5. The van der Waals surface area contributed by atoms with Crippen molar-refractivity contribution >= 4 is 34.3 Å². The number of nitrogens with one attached hydrogen (secondary N) is 1. The number of nitrogen functional groups attached to an aromatic ring is 1. The van der Waals surface area contributed by atoms with Crippen LogP contribution in [0.3, 0.4) is 0 Å². The predicted molar refractivity (Wildman–Crippen MR) is 158 cm³/mol. The van der Waals surface area contributed by atoms with Crippen molar-refractivity contribution in [1.29, 1.82) is 0 Å². The van der Waals surface area contributed by atoms with Crippen LogP contribution in [0, 0.1) is 0 Å². The average molecular weight is 549 g/mol. The summed E-state index contributed by atoms with van der Waals surface area (Å²) in [5.41, 5.74) is 9.61. The molecule has 0 saturated carbocycles. The van der Waals surface area contributed by atoms with E-state index < -0.39 is 6.04 Å². The van der Waals surface area contributed by atoms with E-state index >= 15 is 0 Å². The third kappa shape index (κ3) is 4.90. The van der Waals surface area contributed by atoms with Gasteiger partial charge < -0.3 is 11.1 Å². The number of aromatic nitrogens is 6. The molecule has 0 bridgehead atoms. The zero-order valence-corrected chi connectivity index (χ0v) is 22.3. The van der Waals surface area contributed by atoms with Gasteiger partial charge in [0.25, 0.3) is 5.56 Å². The summed E-state index contributed by atoms with van der Waals surface area (Å²) in [6.45, 7) is 2.54. The maximum Gasteiger partial charge on any atom is 0.267 e. The van der Waals surface area contributed by atoms with Gasteiger partial charge in [-0.05, 0) is 36.8 Å². The Hall–Kier alpha value is -5.02. The van der Waals surface area contributed by atoms with Crippen molar-refractivity contribution in [3.05, 3.63) is 124 Å². The number of fused-ring (bicyclic) bond motifs is 1. The highest BCUT2D eigenvalue weighted by Gasteiger charge is 2.21. The fraction of sp³-hybridized carbons (Fsp3) is 0.100. The summed E-state index contributed by atoms with van der Waals surface area (Å²) in [4.78, 5) is 27.4. The van der Waals surface area contributed by atoms with Crippen LogP contribution < -0.4 is 16.6 Å². The highest BCUT2D eigenvalue weighted by Crippen LogP contribution is 2.30. The van der Waals surface area contributed by atoms with Gasteiger partial charge in [-0.25, -0.2) is 9.97 Å². The predicted octanol–water partition coefficient (Wildman–Crippen LogP) is 5.50. The molecule has 0 fully saturated rings. The third-order valence-corrected chi connectivity index (χ3v) is 6.88. The molecule has 40 heavy (non-hydrogen) atoms. The summed E-state index contributed by atoms with van der Waals surface area (Å²) in [6, 6.07) is 24.2. The molecule has 0 aliphatic rings. The van der Waals surface area contributed by atoms with E-state index in [9.17, 15) is 4.79 Å². The van der Waals surface area contributed by atoms with Crippen LogP contribution in [0.15, 0.2) is 102 Å². The minimum absolute atomic E-state index is 0.119. The molecule has 10 heteroatoms. The highest BCUT2D eigenvalue weighted by molar-refractivity contribution is 6.35. The molecule has 3 aromatic carbocycles. The molecular weight excluding hydrogens is 524 g/mol. The van der Waals surface area contributed by atoms with Crippen molar-refractivity contribution in [1.82, 2.24) is 29.3 Å². The Morgan fingerprint density at radius 2 is 1.70 bits per heavy atom. The molecule has 0 aliphatic heterocycles. The van der Waals surface area contributed by atoms with Crippen LogP contribution in [0.4, 0.5) is 11.8 Å². The number of halogens is 1. The fourth-order valence-corrected chi connectivity index (χ4v) is 4.92. The Morgan fingerprint density at radius 1 is 0.950 bits per heavy atom. The van der Waals surface area contributed by atoms with Crippen molar-refractivity contribution < 1.29 is 0 Å². The van der Waals surface area contributed by atoms with Crippen LogP contribution in [0.2, 0.25) is 5.02 Å². The number of hydrogen-bond acceptors (Lipinski definition) is 7. The number of hydrogen-bond donors (Lipinski definition) is 2. The standard InChI is InChI=1S/C30H25ClN8O/c1-19(28-36-25-14-8-13-24(31)26(25)29(40)39(28)22-11-6-3-7-12-22)35-27-23(16-33-30(32)37-27)21-15-34-38(18-21)17-20-9-4-2-5-10-20/h2-16,18-19H,17H2,1H3,(H3,32,33,35,37)/t19-/m1/s1. The van der Waals surface area contributed by atoms with Crippen molar-refractivity contribution in [3.8, 4) is 16.8 Å². The molecule has 9 nitrogen and oxygen atoms in total. The van der Waals surface area contributed by atoms with Crippen LogP contribution >= 0.6 is 11.6 Å². The van der Waals surface area contributed by atoms with Gasteiger partial charge in [0.15, 0.2) is 0 Å². The van der Waals surface area contributed by atoms with E-state index in [0.29, 0.717) is 39.8 Å². The minimum Gasteiger partial charge on any atom is -0.368 e. The van der Waals surface area contributed by atoms with Crippen molar-refractivity contribution in [2.24, 2.45) is 0 Å². The topological polar surface area (TPSA) is 117 Å². The molecule has 3 aromatic heterocycles. The van der Waals surface area contributed by atoms with Crippen molar-refractivity contribution in [2.45, 2.75) is 19.5 Å². The monoisotopic (exact) mass is 548 g/mol. The first-order valence-electron chi connectivity index (χ1n) is 12.7. The maximum absolute atomic E-state index is 13.8. The molecule has 6 aromatic rings. The number of benzene rings is 3. The summed E-state index contributed by atoms with van der Waals surface area (Å²) in [7, 11) is 0. The molecule has 0 amide bonds. The molecule has 0 spiro atoms. The SMILES string of the molecule is C[C@@H](Nc1nc(N)ncc1-c1cnn(Cc2ccccc2)c1)c1nc2cccc(Cl)c2c(=O)n1-c1ccccc1. The van der Waals surface area contributed by atoms with Crippen LogP contribution in [0.25, 0.3) is 27.7 Å². The van der Waals surface area contributed by atoms with Crippen LogP contribution in [0.1, 0.15) is 24.4 Å². The molecule has 0 aliphatic carbocycles. The number of anilines is 2. The molecular formula is C30H25ClN8O.